The van der Waals surface area contributed by atoms with Crippen molar-refractivity contribution in [3.05, 3.63) is 41.6 Å². The molecule has 1 heterocycles. The van der Waals surface area contributed by atoms with E-state index in [1.165, 1.54) is 21.3 Å². The molecular formula is C19H20N2O5. The summed E-state index contributed by atoms with van der Waals surface area (Å²) < 4.78 is 21.2. The second-order valence-corrected chi connectivity index (χ2v) is 5.55. The third kappa shape index (κ3) is 2.67. The van der Waals surface area contributed by atoms with Gasteiger partial charge in [-0.25, -0.2) is 0 Å². The fraction of sp³-hybridized carbons (Fsp3) is 0.211. The van der Waals surface area contributed by atoms with Gasteiger partial charge in [-0.3, -0.25) is 4.79 Å². The van der Waals surface area contributed by atoms with Crippen LogP contribution in [-0.2, 0) is 0 Å². The van der Waals surface area contributed by atoms with Gasteiger partial charge in [0.15, 0.2) is 17.3 Å². The van der Waals surface area contributed by atoms with Gasteiger partial charge in [-0.1, -0.05) is 0 Å². The molecule has 3 N–H and O–H groups in total. The number of nitrogen functional groups attached to an aromatic ring is 1. The Hall–Kier alpha value is -3.35. The zero-order valence-electron chi connectivity index (χ0n) is 15.0. The number of benzene rings is 2. The summed E-state index contributed by atoms with van der Waals surface area (Å²) in [5.41, 5.74) is 7.93. The number of carbonyl (C=O) groups excluding carboxylic acids is 1. The van der Waals surface area contributed by atoms with Crippen LogP contribution in [0.15, 0.2) is 30.5 Å². The summed E-state index contributed by atoms with van der Waals surface area (Å²) in [6, 6.07) is 7.02. The van der Waals surface area contributed by atoms with Crippen LogP contribution in [-0.4, -0.2) is 39.2 Å². The van der Waals surface area contributed by atoms with Crippen molar-refractivity contribution in [1.29, 1.82) is 0 Å². The average Bonchev–Trinajstić information content (AvgIpc) is 3.09. The van der Waals surface area contributed by atoms with Gasteiger partial charge in [0.25, 0.3) is 0 Å². The SMILES string of the molecule is COc1ccc2[nH]cc(C(=O)c3cc(OC)c(OC)c(OC)c3N)c2c1. The molecule has 7 heteroatoms. The fourth-order valence-corrected chi connectivity index (χ4v) is 2.93. The highest BCUT2D eigenvalue weighted by molar-refractivity contribution is 6.19. The highest BCUT2D eigenvalue weighted by Crippen LogP contribution is 2.44. The van der Waals surface area contributed by atoms with Gasteiger partial charge in [0.05, 0.1) is 39.7 Å². The number of H-pyrrole nitrogens is 1. The van der Waals surface area contributed by atoms with E-state index in [2.05, 4.69) is 4.98 Å². The average molecular weight is 356 g/mol. The molecule has 0 aliphatic rings. The van der Waals surface area contributed by atoms with Crippen molar-refractivity contribution in [2.75, 3.05) is 34.2 Å². The first kappa shape index (κ1) is 17.5. The molecule has 1 aromatic heterocycles. The number of methoxy groups -OCH3 is 4. The molecule has 0 unspecified atom stereocenters. The molecule has 0 saturated heterocycles. The van der Waals surface area contributed by atoms with Crippen molar-refractivity contribution in [2.45, 2.75) is 0 Å². The topological polar surface area (TPSA) is 95.8 Å². The van der Waals surface area contributed by atoms with E-state index in [9.17, 15) is 4.79 Å². The Balaban J connectivity index is 2.19. The van der Waals surface area contributed by atoms with Crippen molar-refractivity contribution in [1.82, 2.24) is 4.98 Å². The summed E-state index contributed by atoms with van der Waals surface area (Å²) in [6.45, 7) is 0. The summed E-state index contributed by atoms with van der Waals surface area (Å²) >= 11 is 0. The first-order valence-electron chi connectivity index (χ1n) is 7.84. The van der Waals surface area contributed by atoms with Crippen LogP contribution in [0.25, 0.3) is 10.9 Å². The van der Waals surface area contributed by atoms with Gasteiger partial charge in [-0.15, -0.1) is 0 Å². The lowest BCUT2D eigenvalue weighted by Gasteiger charge is -2.16. The van der Waals surface area contributed by atoms with Crippen LogP contribution in [0.2, 0.25) is 0 Å². The van der Waals surface area contributed by atoms with Gasteiger partial charge in [0, 0.05) is 22.7 Å². The molecule has 0 aliphatic carbocycles. The largest absolute Gasteiger partial charge is 0.497 e. The zero-order chi connectivity index (χ0) is 18.8. The number of aromatic nitrogens is 1. The third-order valence-electron chi connectivity index (χ3n) is 4.25. The number of ether oxygens (including phenoxy) is 4. The van der Waals surface area contributed by atoms with Gasteiger partial charge < -0.3 is 29.7 Å². The zero-order valence-corrected chi connectivity index (χ0v) is 15.0. The van der Waals surface area contributed by atoms with E-state index in [1.807, 2.05) is 12.1 Å². The van der Waals surface area contributed by atoms with E-state index in [0.717, 1.165) is 10.9 Å². The Kier molecular flexibility index (Phi) is 4.62. The summed E-state index contributed by atoms with van der Waals surface area (Å²) in [5, 5.41) is 0.738. The second kappa shape index (κ2) is 6.87. The third-order valence-corrected chi connectivity index (χ3v) is 4.25. The lowest BCUT2D eigenvalue weighted by molar-refractivity contribution is 0.104. The Morgan fingerprint density at radius 1 is 0.923 bits per heavy atom. The second-order valence-electron chi connectivity index (χ2n) is 5.55. The number of hydrogen-bond acceptors (Lipinski definition) is 6. The van der Waals surface area contributed by atoms with Gasteiger partial charge in [-0.2, -0.15) is 0 Å². The summed E-state index contributed by atoms with van der Waals surface area (Å²) in [4.78, 5) is 16.3. The highest BCUT2D eigenvalue weighted by atomic mass is 16.5. The molecule has 0 bridgehead atoms. The number of hydrogen-bond donors (Lipinski definition) is 2. The summed E-state index contributed by atoms with van der Waals surface area (Å²) in [5.74, 6) is 1.35. The monoisotopic (exact) mass is 356 g/mol. The van der Waals surface area contributed by atoms with E-state index in [-0.39, 0.29) is 22.8 Å². The lowest BCUT2D eigenvalue weighted by atomic mass is 9.99. The van der Waals surface area contributed by atoms with E-state index < -0.39 is 0 Å². The molecule has 0 radical (unpaired) electrons. The molecule has 0 fully saturated rings. The molecule has 3 rings (SSSR count). The van der Waals surface area contributed by atoms with E-state index >= 15 is 0 Å². The first-order chi connectivity index (χ1) is 12.5. The minimum atomic E-state index is -0.263. The van der Waals surface area contributed by atoms with Crippen molar-refractivity contribution in [3.63, 3.8) is 0 Å². The molecule has 2 aromatic carbocycles. The number of fused-ring (bicyclic) bond motifs is 1. The maximum Gasteiger partial charge on any atom is 0.205 e. The molecule has 136 valence electrons. The Morgan fingerprint density at radius 3 is 2.27 bits per heavy atom. The molecule has 0 aliphatic heterocycles. The van der Waals surface area contributed by atoms with Gasteiger partial charge in [0.2, 0.25) is 5.75 Å². The standard InChI is InChI=1S/C19H20N2O5/c1-23-10-5-6-14-11(7-10)13(9-21-14)17(22)12-8-15(24-2)18(25-3)19(26-4)16(12)20/h5-9,21H,20H2,1-4H3. The number of ketones is 1. The predicted octanol–water partition coefficient (Wildman–Crippen LogP) is 3.02. The number of nitrogens with two attached hydrogens (primary N) is 1. The van der Waals surface area contributed by atoms with Crippen LogP contribution < -0.4 is 24.7 Å². The van der Waals surface area contributed by atoms with Crippen LogP contribution in [0.3, 0.4) is 0 Å². The smallest absolute Gasteiger partial charge is 0.205 e. The molecule has 0 saturated carbocycles. The normalized spacial score (nSPS) is 10.6. The minimum Gasteiger partial charge on any atom is -0.497 e. The van der Waals surface area contributed by atoms with Crippen LogP contribution >= 0.6 is 0 Å². The quantitative estimate of drug-likeness (QED) is 0.521. The maximum absolute atomic E-state index is 13.2. The van der Waals surface area contributed by atoms with Crippen molar-refractivity contribution >= 4 is 22.4 Å². The van der Waals surface area contributed by atoms with Crippen molar-refractivity contribution in [2.24, 2.45) is 0 Å². The van der Waals surface area contributed by atoms with E-state index in [1.54, 1.807) is 25.4 Å². The molecule has 7 nitrogen and oxygen atoms in total. The highest BCUT2D eigenvalue weighted by Gasteiger charge is 2.24. The van der Waals surface area contributed by atoms with Gasteiger partial charge in [-0.05, 0) is 24.3 Å². The number of rotatable bonds is 6. The van der Waals surface area contributed by atoms with Crippen LogP contribution in [0, 0.1) is 0 Å². The van der Waals surface area contributed by atoms with Gasteiger partial charge >= 0.3 is 0 Å². The molecule has 3 aromatic rings. The molecular weight excluding hydrogens is 336 g/mol. The Bertz CT molecular complexity index is 978. The molecule has 0 amide bonds. The van der Waals surface area contributed by atoms with Gasteiger partial charge in [0.1, 0.15) is 5.75 Å². The van der Waals surface area contributed by atoms with Crippen LogP contribution in [0.1, 0.15) is 15.9 Å². The predicted molar refractivity (Wildman–Crippen MR) is 98.8 cm³/mol. The Morgan fingerprint density at radius 2 is 1.65 bits per heavy atom. The number of carbonyl (C=O) groups is 1. The van der Waals surface area contributed by atoms with E-state index in [4.69, 9.17) is 24.7 Å². The summed E-state index contributed by atoms with van der Waals surface area (Å²) in [7, 11) is 6.00. The summed E-state index contributed by atoms with van der Waals surface area (Å²) in [6.07, 6.45) is 1.65. The van der Waals surface area contributed by atoms with E-state index in [0.29, 0.717) is 22.8 Å². The first-order valence-corrected chi connectivity index (χ1v) is 7.84. The van der Waals surface area contributed by atoms with Crippen LogP contribution in [0.4, 0.5) is 5.69 Å². The molecule has 0 spiro atoms. The fourth-order valence-electron chi connectivity index (χ4n) is 2.93. The lowest BCUT2D eigenvalue weighted by Crippen LogP contribution is -2.08. The Labute approximate surface area is 150 Å². The number of aromatic amines is 1. The molecule has 26 heavy (non-hydrogen) atoms. The number of nitrogens with one attached hydrogen (secondary N) is 1. The minimum absolute atomic E-state index is 0.187. The van der Waals surface area contributed by atoms with Crippen molar-refractivity contribution < 1.29 is 23.7 Å². The van der Waals surface area contributed by atoms with Crippen LogP contribution in [0.5, 0.6) is 23.0 Å². The van der Waals surface area contributed by atoms with Crippen molar-refractivity contribution in [3.8, 4) is 23.0 Å². The maximum atomic E-state index is 13.2. The number of anilines is 1. The molecule has 0 atom stereocenters.